The molecule has 0 aliphatic heterocycles. The van der Waals surface area contributed by atoms with Crippen LogP contribution in [-0.4, -0.2) is 33.8 Å². The molecule has 0 amide bonds. The van der Waals surface area contributed by atoms with Crippen molar-refractivity contribution < 1.29 is 33.9 Å². The highest BCUT2D eigenvalue weighted by atomic mass is 31.1. The zero-order chi connectivity index (χ0) is 21.4. The van der Waals surface area contributed by atoms with Crippen LogP contribution in [0.15, 0.2) is 35.2 Å². The molecule has 0 saturated carbocycles. The lowest BCUT2D eigenvalue weighted by Gasteiger charge is -2.13. The summed E-state index contributed by atoms with van der Waals surface area (Å²) in [6.07, 6.45) is 1.21. The number of nitrogens with zero attached hydrogens (tertiary/aromatic N) is 2. The average molecular weight is 422 g/mol. The number of aliphatic hydroxyl groups excluding tert-OH is 1. The average Bonchev–Trinajstić information content (AvgIpc) is 2.68. The van der Waals surface area contributed by atoms with E-state index in [0.29, 0.717) is 16.8 Å². The molecule has 1 atom stereocenters. The van der Waals surface area contributed by atoms with Gasteiger partial charge in [0.05, 0.1) is 18.4 Å². The fourth-order valence-electron chi connectivity index (χ4n) is 2.31. The fraction of sp³-hybridized carbons (Fsp3) is 0.368. The number of ether oxygens (including phenoxy) is 2. The van der Waals surface area contributed by atoms with Crippen molar-refractivity contribution in [3.05, 3.63) is 47.3 Å². The number of pyridine rings is 1. The highest BCUT2D eigenvalue weighted by Crippen LogP contribution is 2.33. The standard InChI is InChI=1S/C19H23N2O7P/c1-12(2)27-18(23)9-21-29(25)28-17-7-5-4-6-16(17)26-11-14-8-20-13(3)19(24)15(14)10-22/h4-8,12,22,24H,9-11H2,1-3H3. The van der Waals surface area contributed by atoms with Crippen LogP contribution in [0.25, 0.3) is 0 Å². The molecule has 0 saturated heterocycles. The Hall–Kier alpha value is -2.74. The van der Waals surface area contributed by atoms with Gasteiger partial charge in [-0.3, -0.25) is 9.51 Å². The number of aromatic nitrogens is 1. The lowest BCUT2D eigenvalue weighted by Crippen LogP contribution is -2.14. The van der Waals surface area contributed by atoms with Gasteiger partial charge in [-0.25, -0.2) is 4.79 Å². The fourth-order valence-corrected chi connectivity index (χ4v) is 2.92. The van der Waals surface area contributed by atoms with Gasteiger partial charge in [0.1, 0.15) is 12.4 Å². The Morgan fingerprint density at radius 3 is 2.66 bits per heavy atom. The third-order valence-electron chi connectivity index (χ3n) is 3.68. The highest BCUT2D eigenvalue weighted by molar-refractivity contribution is 7.34. The van der Waals surface area contributed by atoms with E-state index in [2.05, 4.69) is 9.73 Å². The molecule has 2 N–H and O–H groups in total. The van der Waals surface area contributed by atoms with Crippen molar-refractivity contribution in [1.29, 1.82) is 0 Å². The second-order valence-electron chi connectivity index (χ2n) is 6.26. The lowest BCUT2D eigenvalue weighted by molar-refractivity contribution is -0.169. The van der Waals surface area contributed by atoms with E-state index < -0.39 is 14.1 Å². The predicted molar refractivity (Wildman–Crippen MR) is 103 cm³/mol. The van der Waals surface area contributed by atoms with Gasteiger partial charge >= 0.3 is 14.1 Å². The van der Waals surface area contributed by atoms with Gasteiger partial charge in [-0.15, -0.1) is 0 Å². The third kappa shape index (κ3) is 6.67. The minimum Gasteiger partial charge on any atom is -0.575 e. The molecule has 2 aromatic rings. The Kier molecular flexibility index (Phi) is 8.33. The summed E-state index contributed by atoms with van der Waals surface area (Å²) < 4.78 is 19.5. The van der Waals surface area contributed by atoms with Crippen LogP contribution in [0.1, 0.15) is 30.7 Å². The highest BCUT2D eigenvalue weighted by Gasteiger charge is 2.15. The Bertz CT molecular complexity index is 887. The van der Waals surface area contributed by atoms with Gasteiger partial charge in [0.15, 0.2) is 12.3 Å². The molecule has 2 rings (SSSR count). The van der Waals surface area contributed by atoms with Crippen LogP contribution in [0, 0.1) is 6.92 Å². The summed E-state index contributed by atoms with van der Waals surface area (Å²) >= 11 is 0. The summed E-state index contributed by atoms with van der Waals surface area (Å²) in [5.41, 5.74) is 1.22. The van der Waals surface area contributed by atoms with Crippen LogP contribution in [0.2, 0.25) is 0 Å². The number of carbonyl (C=O) groups is 1. The molecule has 0 fully saturated rings. The zero-order valence-electron chi connectivity index (χ0n) is 16.4. The van der Waals surface area contributed by atoms with Crippen LogP contribution in [0.3, 0.4) is 0 Å². The molecule has 1 aromatic heterocycles. The number of aromatic hydroxyl groups is 1. The maximum atomic E-state index is 12.0. The summed E-state index contributed by atoms with van der Waals surface area (Å²) in [7, 11) is -2.51. The summed E-state index contributed by atoms with van der Waals surface area (Å²) in [5, 5.41) is 19.5. The topological polar surface area (TPSA) is 134 Å². The minimum absolute atomic E-state index is 0.00819. The van der Waals surface area contributed by atoms with Crippen molar-refractivity contribution in [2.45, 2.75) is 40.1 Å². The second kappa shape index (κ2) is 10.7. The predicted octanol–water partition coefficient (Wildman–Crippen LogP) is 2.35. The first-order valence-electron chi connectivity index (χ1n) is 8.83. The monoisotopic (exact) mass is 422 g/mol. The largest absolute Gasteiger partial charge is 0.575 e. The first-order valence-corrected chi connectivity index (χ1v) is 9.96. The third-order valence-corrected chi connectivity index (χ3v) is 4.40. The van der Waals surface area contributed by atoms with E-state index >= 15 is 0 Å². The molecule has 0 aliphatic rings. The van der Waals surface area contributed by atoms with Gasteiger partial charge in [-0.2, -0.15) is 0 Å². The molecular weight excluding hydrogens is 399 g/mol. The molecule has 9 nitrogen and oxygen atoms in total. The number of aliphatic hydroxyl groups is 1. The van der Waals surface area contributed by atoms with Crippen molar-refractivity contribution >= 4 is 14.1 Å². The van der Waals surface area contributed by atoms with Crippen molar-refractivity contribution in [3.8, 4) is 17.2 Å². The van der Waals surface area contributed by atoms with Gasteiger partial charge < -0.3 is 24.6 Å². The van der Waals surface area contributed by atoms with E-state index in [9.17, 15) is 19.9 Å². The summed E-state index contributed by atoms with van der Waals surface area (Å²) in [5.74, 6) is -0.239. The molecule has 10 heteroatoms. The van der Waals surface area contributed by atoms with E-state index in [1.54, 1.807) is 45.0 Å². The minimum atomic E-state index is -2.51. The number of hydrogen-bond acceptors (Lipinski definition) is 9. The second-order valence-corrected chi connectivity index (χ2v) is 7.20. The van der Waals surface area contributed by atoms with Gasteiger partial charge in [-0.05, 0) is 32.9 Å². The molecule has 1 unspecified atom stereocenters. The normalized spacial score (nSPS) is 11.4. The molecule has 0 bridgehead atoms. The quantitative estimate of drug-likeness (QED) is 0.465. The molecule has 156 valence electrons. The van der Waals surface area contributed by atoms with Gasteiger partial charge in [0, 0.05) is 17.3 Å². The lowest BCUT2D eigenvalue weighted by atomic mass is 10.1. The molecule has 1 aromatic carbocycles. The number of hydrogen-bond donors (Lipinski definition) is 2. The Labute approximate surface area is 169 Å². The van der Waals surface area contributed by atoms with E-state index in [1.807, 2.05) is 0 Å². The molecule has 1 heterocycles. The van der Waals surface area contributed by atoms with Crippen LogP contribution in [0.4, 0.5) is 0 Å². The number of carbonyl (C=O) groups excluding carboxylic acids is 1. The smallest absolute Gasteiger partial charge is 0.395 e. The van der Waals surface area contributed by atoms with Crippen molar-refractivity contribution in [3.63, 3.8) is 0 Å². The zero-order valence-corrected chi connectivity index (χ0v) is 17.3. The molecule has 0 spiro atoms. The van der Waals surface area contributed by atoms with Crippen molar-refractivity contribution in [2.75, 3.05) is 6.54 Å². The van der Waals surface area contributed by atoms with Gasteiger partial charge in [-0.1, -0.05) is 16.9 Å². The number of benzene rings is 1. The van der Waals surface area contributed by atoms with Crippen molar-refractivity contribution in [2.24, 2.45) is 4.74 Å². The first-order chi connectivity index (χ1) is 13.8. The van der Waals surface area contributed by atoms with Crippen molar-refractivity contribution in [1.82, 2.24) is 4.98 Å². The van der Waals surface area contributed by atoms with E-state index in [0.717, 1.165) is 0 Å². The Morgan fingerprint density at radius 1 is 1.31 bits per heavy atom. The Morgan fingerprint density at radius 2 is 2.00 bits per heavy atom. The number of aryl methyl sites for hydroxylation is 1. The van der Waals surface area contributed by atoms with Crippen LogP contribution >= 0.6 is 8.17 Å². The Balaban J connectivity index is 2.08. The number of para-hydroxylation sites is 2. The summed E-state index contributed by atoms with van der Waals surface area (Å²) in [6.45, 7) is 4.26. The molecule has 0 aliphatic carbocycles. The SMILES string of the molecule is Cc1ncc(COc2ccccc2O[P+]([O-])=NCC(=O)OC(C)C)c(CO)c1O. The molecule has 29 heavy (non-hydrogen) atoms. The maximum absolute atomic E-state index is 12.0. The summed E-state index contributed by atoms with van der Waals surface area (Å²) in [4.78, 5) is 27.6. The first kappa shape index (κ1) is 22.5. The van der Waals surface area contributed by atoms with Gasteiger partial charge in [0.2, 0.25) is 5.75 Å². The van der Waals surface area contributed by atoms with Crippen LogP contribution in [-0.2, 0) is 22.7 Å². The number of esters is 1. The van der Waals surface area contributed by atoms with E-state index in [1.165, 1.54) is 6.20 Å². The van der Waals surface area contributed by atoms with E-state index in [-0.39, 0.29) is 43.1 Å². The van der Waals surface area contributed by atoms with Crippen LogP contribution in [0.5, 0.6) is 17.2 Å². The summed E-state index contributed by atoms with van der Waals surface area (Å²) in [6, 6.07) is 6.51. The number of rotatable bonds is 9. The van der Waals surface area contributed by atoms with Gasteiger partial charge in [0.25, 0.3) is 0 Å². The maximum Gasteiger partial charge on any atom is 0.395 e. The van der Waals surface area contributed by atoms with Crippen LogP contribution < -0.4 is 14.2 Å². The molecular formula is C19H23N2O7P. The molecule has 0 radical (unpaired) electrons. The van der Waals surface area contributed by atoms with E-state index in [4.69, 9.17) is 14.0 Å².